The molecular weight excluding hydrogens is 590 g/mol. The number of hydrogen-bond acceptors (Lipinski definition) is 5. The quantitative estimate of drug-likeness (QED) is 0.102. The SMILES string of the molecule is N#C/C(=C\c1cc(Br)cc(Br)c1OCc1cccc2ccccc12)C(=O)Nc1cccc([N+](=O)[O-])c1. The summed E-state index contributed by atoms with van der Waals surface area (Å²) >= 11 is 6.95. The fraction of sp³-hybridized carbons (Fsp3) is 0.0370. The van der Waals surface area contributed by atoms with Crippen LogP contribution in [0, 0.1) is 21.4 Å². The minimum atomic E-state index is -0.700. The molecule has 1 amide bonds. The highest BCUT2D eigenvalue weighted by Gasteiger charge is 2.16. The standard InChI is InChI=1S/C27H17Br2N3O4/c28-21-12-19(11-20(15-30)27(33)31-22-8-4-9-23(14-22)32(34)35)26(25(29)13-21)36-16-18-7-3-6-17-5-1-2-10-24(17)18/h1-14H,16H2,(H,31,33)/b20-11+. The summed E-state index contributed by atoms with van der Waals surface area (Å²) in [4.78, 5) is 23.3. The first kappa shape index (κ1) is 25.1. The molecule has 0 bridgehead atoms. The summed E-state index contributed by atoms with van der Waals surface area (Å²) < 4.78 is 7.53. The summed E-state index contributed by atoms with van der Waals surface area (Å²) in [5.41, 5.74) is 1.33. The van der Waals surface area contributed by atoms with E-state index in [1.807, 2.05) is 54.6 Å². The second-order valence-electron chi connectivity index (χ2n) is 7.66. The average molecular weight is 607 g/mol. The topological polar surface area (TPSA) is 105 Å². The van der Waals surface area contributed by atoms with Gasteiger partial charge in [-0.05, 0) is 56.5 Å². The second kappa shape index (κ2) is 11.2. The van der Waals surface area contributed by atoms with E-state index in [0.717, 1.165) is 20.8 Å². The van der Waals surface area contributed by atoms with Gasteiger partial charge in [0.2, 0.25) is 0 Å². The number of ether oxygens (including phenoxy) is 1. The smallest absolute Gasteiger partial charge is 0.271 e. The van der Waals surface area contributed by atoms with Crippen molar-refractivity contribution in [2.75, 3.05) is 5.32 Å². The minimum Gasteiger partial charge on any atom is -0.487 e. The van der Waals surface area contributed by atoms with Crippen LogP contribution in [0.25, 0.3) is 16.8 Å². The van der Waals surface area contributed by atoms with E-state index in [-0.39, 0.29) is 23.6 Å². The predicted octanol–water partition coefficient (Wildman–Crippen LogP) is 7.40. The molecule has 0 aliphatic heterocycles. The number of fused-ring (bicyclic) bond motifs is 1. The molecular formula is C27H17Br2N3O4. The van der Waals surface area contributed by atoms with E-state index in [9.17, 15) is 20.2 Å². The van der Waals surface area contributed by atoms with Crippen LogP contribution in [0.1, 0.15) is 11.1 Å². The van der Waals surface area contributed by atoms with E-state index in [2.05, 4.69) is 37.2 Å². The van der Waals surface area contributed by atoms with Gasteiger partial charge in [-0.3, -0.25) is 14.9 Å². The Morgan fingerprint density at radius 3 is 2.58 bits per heavy atom. The van der Waals surface area contributed by atoms with Gasteiger partial charge in [0, 0.05) is 27.9 Å². The van der Waals surface area contributed by atoms with Gasteiger partial charge < -0.3 is 10.1 Å². The zero-order chi connectivity index (χ0) is 25.7. The third kappa shape index (κ3) is 5.79. The van der Waals surface area contributed by atoms with Gasteiger partial charge >= 0.3 is 0 Å². The van der Waals surface area contributed by atoms with Crippen molar-refractivity contribution in [2.24, 2.45) is 0 Å². The van der Waals surface area contributed by atoms with Crippen molar-refractivity contribution in [1.29, 1.82) is 5.26 Å². The zero-order valence-electron chi connectivity index (χ0n) is 18.6. The van der Waals surface area contributed by atoms with Crippen LogP contribution in [0.5, 0.6) is 5.75 Å². The normalized spacial score (nSPS) is 11.1. The summed E-state index contributed by atoms with van der Waals surface area (Å²) in [5, 5.41) is 25.4. The average Bonchev–Trinajstić information content (AvgIpc) is 2.86. The monoisotopic (exact) mass is 605 g/mol. The van der Waals surface area contributed by atoms with Crippen molar-refractivity contribution in [1.82, 2.24) is 0 Å². The van der Waals surface area contributed by atoms with E-state index < -0.39 is 10.8 Å². The number of rotatable bonds is 7. The van der Waals surface area contributed by atoms with Gasteiger partial charge in [-0.25, -0.2) is 0 Å². The number of benzene rings is 4. The number of carbonyl (C=O) groups is 1. The highest BCUT2D eigenvalue weighted by Crippen LogP contribution is 2.35. The summed E-state index contributed by atoms with van der Waals surface area (Å²) in [6.45, 7) is 0.268. The van der Waals surface area contributed by atoms with Crippen molar-refractivity contribution < 1.29 is 14.5 Å². The van der Waals surface area contributed by atoms with Crippen LogP contribution >= 0.6 is 31.9 Å². The van der Waals surface area contributed by atoms with Crippen molar-refractivity contribution in [3.05, 3.63) is 115 Å². The number of anilines is 1. The minimum absolute atomic E-state index is 0.171. The number of carbonyl (C=O) groups excluding carboxylic acids is 1. The maximum atomic E-state index is 12.8. The molecule has 0 spiro atoms. The number of nitrogens with one attached hydrogen (secondary N) is 1. The Morgan fingerprint density at radius 2 is 1.81 bits per heavy atom. The molecule has 0 heterocycles. The van der Waals surface area contributed by atoms with E-state index in [1.54, 1.807) is 6.07 Å². The van der Waals surface area contributed by atoms with Gasteiger partial charge in [0.25, 0.3) is 11.6 Å². The van der Waals surface area contributed by atoms with E-state index >= 15 is 0 Å². The van der Waals surface area contributed by atoms with E-state index in [4.69, 9.17) is 4.74 Å². The molecule has 9 heteroatoms. The molecule has 4 rings (SSSR count). The maximum absolute atomic E-state index is 12.8. The Kier molecular flexibility index (Phi) is 7.78. The number of nitro groups is 1. The van der Waals surface area contributed by atoms with Crippen LogP contribution in [-0.4, -0.2) is 10.8 Å². The zero-order valence-corrected chi connectivity index (χ0v) is 21.7. The van der Waals surface area contributed by atoms with Gasteiger partial charge in [0.15, 0.2) is 0 Å². The van der Waals surface area contributed by atoms with Crippen LogP contribution in [0.3, 0.4) is 0 Å². The van der Waals surface area contributed by atoms with Crippen LogP contribution in [0.4, 0.5) is 11.4 Å². The van der Waals surface area contributed by atoms with Gasteiger partial charge in [0.1, 0.15) is 24.0 Å². The molecule has 7 nitrogen and oxygen atoms in total. The van der Waals surface area contributed by atoms with E-state index in [0.29, 0.717) is 15.8 Å². The van der Waals surface area contributed by atoms with Crippen molar-refractivity contribution in [2.45, 2.75) is 6.61 Å². The summed E-state index contributed by atoms with van der Waals surface area (Å²) in [6, 6.07) is 24.9. The molecule has 4 aromatic carbocycles. The van der Waals surface area contributed by atoms with Gasteiger partial charge in [-0.2, -0.15) is 5.26 Å². The Hall–Kier alpha value is -4.00. The maximum Gasteiger partial charge on any atom is 0.271 e. The second-order valence-corrected chi connectivity index (χ2v) is 9.43. The summed E-state index contributed by atoms with van der Waals surface area (Å²) in [5.74, 6) is -0.240. The summed E-state index contributed by atoms with van der Waals surface area (Å²) in [6.07, 6.45) is 1.42. The lowest BCUT2D eigenvalue weighted by molar-refractivity contribution is -0.384. The molecule has 0 fully saturated rings. The molecule has 1 N–H and O–H groups in total. The number of nitro benzene ring substituents is 1. The molecule has 0 unspecified atom stereocenters. The predicted molar refractivity (Wildman–Crippen MR) is 145 cm³/mol. The molecule has 36 heavy (non-hydrogen) atoms. The first-order valence-electron chi connectivity index (χ1n) is 10.6. The third-order valence-corrected chi connectivity index (χ3v) is 6.32. The van der Waals surface area contributed by atoms with Gasteiger partial charge in [-0.15, -0.1) is 0 Å². The van der Waals surface area contributed by atoms with Crippen LogP contribution in [0.15, 0.2) is 93.4 Å². The largest absolute Gasteiger partial charge is 0.487 e. The first-order chi connectivity index (χ1) is 17.4. The van der Waals surface area contributed by atoms with Crippen LogP contribution in [-0.2, 0) is 11.4 Å². The number of halogens is 2. The molecule has 0 aromatic heterocycles. The van der Waals surface area contributed by atoms with Gasteiger partial charge in [0.05, 0.1) is 9.40 Å². The Bertz CT molecular complexity index is 1560. The fourth-order valence-electron chi connectivity index (χ4n) is 3.61. The molecule has 0 saturated carbocycles. The van der Waals surface area contributed by atoms with Crippen LogP contribution < -0.4 is 10.1 Å². The Morgan fingerprint density at radius 1 is 1.06 bits per heavy atom. The number of hydrogen-bond donors (Lipinski definition) is 1. The lowest BCUT2D eigenvalue weighted by Gasteiger charge is -2.14. The molecule has 0 radical (unpaired) electrons. The van der Waals surface area contributed by atoms with Crippen molar-refractivity contribution >= 4 is 66.0 Å². The molecule has 0 saturated heterocycles. The number of amides is 1. The van der Waals surface area contributed by atoms with Gasteiger partial charge in [-0.1, -0.05) is 64.5 Å². The van der Waals surface area contributed by atoms with Crippen LogP contribution in [0.2, 0.25) is 0 Å². The third-order valence-electron chi connectivity index (χ3n) is 5.27. The Balaban J connectivity index is 1.63. The van der Waals surface area contributed by atoms with E-state index in [1.165, 1.54) is 30.3 Å². The molecule has 4 aromatic rings. The molecule has 0 atom stereocenters. The van der Waals surface area contributed by atoms with Crippen molar-refractivity contribution in [3.8, 4) is 11.8 Å². The highest BCUT2D eigenvalue weighted by atomic mass is 79.9. The number of nitriles is 1. The lowest BCUT2D eigenvalue weighted by atomic mass is 10.1. The first-order valence-corrected chi connectivity index (χ1v) is 12.2. The summed E-state index contributed by atoms with van der Waals surface area (Å²) in [7, 11) is 0. The number of nitrogens with zero attached hydrogens (tertiary/aromatic N) is 2. The number of non-ortho nitro benzene ring substituents is 1. The fourth-order valence-corrected chi connectivity index (χ4v) is 4.98. The molecule has 178 valence electrons. The lowest BCUT2D eigenvalue weighted by Crippen LogP contribution is -2.13. The van der Waals surface area contributed by atoms with Crippen molar-refractivity contribution in [3.63, 3.8) is 0 Å². The molecule has 0 aliphatic carbocycles. The highest BCUT2D eigenvalue weighted by molar-refractivity contribution is 9.11. The Labute approximate surface area is 223 Å². The molecule has 0 aliphatic rings.